The topological polar surface area (TPSA) is 12.5 Å². The zero-order valence-corrected chi connectivity index (χ0v) is 5.53. The predicted octanol–water partition coefficient (Wildman–Crippen LogP) is 1.44. The third-order valence-corrected chi connectivity index (χ3v) is 0.558. The minimum absolute atomic E-state index is 0.983. The summed E-state index contributed by atoms with van der Waals surface area (Å²) in [5, 5.41) is 0. The molecule has 1 nitrogen and oxygen atoms in total. The number of hydrogen-bond donors (Lipinski definition) is 0. The second kappa shape index (κ2) is 6.52. The number of epoxide rings is 1. The van der Waals surface area contributed by atoms with Crippen molar-refractivity contribution in [2.24, 2.45) is 0 Å². The van der Waals surface area contributed by atoms with Crippen LogP contribution in [-0.2, 0) is 4.74 Å². The van der Waals surface area contributed by atoms with Gasteiger partial charge in [0.25, 0.3) is 0 Å². The van der Waals surface area contributed by atoms with Gasteiger partial charge in [0, 0.05) is 6.42 Å². The molecule has 0 radical (unpaired) electrons. The molecule has 1 aliphatic rings. The van der Waals surface area contributed by atoms with E-state index < -0.39 is 0 Å². The Morgan fingerprint density at radius 2 is 2.00 bits per heavy atom. The average molecular weight is 112 g/mol. The molecule has 1 heterocycles. The molecule has 46 valence electrons. The van der Waals surface area contributed by atoms with Crippen LogP contribution in [-0.4, -0.2) is 13.2 Å². The molecule has 0 amide bonds. The van der Waals surface area contributed by atoms with Gasteiger partial charge < -0.3 is 4.74 Å². The lowest BCUT2D eigenvalue weighted by atomic mass is 10.5. The molecule has 1 saturated heterocycles. The zero-order valence-electron chi connectivity index (χ0n) is 5.53. The monoisotopic (exact) mass is 112 g/mol. The second-order valence-electron chi connectivity index (χ2n) is 1.39. The minimum atomic E-state index is 0.983. The summed E-state index contributed by atoms with van der Waals surface area (Å²) in [5.41, 5.74) is 0. The standard InChI is InChI=1S/C5H8.C2H4O/c1-3-5-4-2;1-2-3-1/h3H2,1-2H3;1-2H2. The summed E-state index contributed by atoms with van der Waals surface area (Å²) >= 11 is 0. The van der Waals surface area contributed by atoms with Gasteiger partial charge in [0.15, 0.2) is 0 Å². The van der Waals surface area contributed by atoms with Crippen LogP contribution in [0.2, 0.25) is 0 Å². The van der Waals surface area contributed by atoms with Crippen molar-refractivity contribution in [1.29, 1.82) is 0 Å². The molecule has 0 saturated carbocycles. The van der Waals surface area contributed by atoms with Crippen molar-refractivity contribution < 1.29 is 4.74 Å². The Balaban J connectivity index is 0.000000135. The van der Waals surface area contributed by atoms with Crippen LogP contribution in [0, 0.1) is 11.8 Å². The molecule has 0 bridgehead atoms. The second-order valence-corrected chi connectivity index (χ2v) is 1.39. The Hall–Kier alpha value is -0.480. The van der Waals surface area contributed by atoms with E-state index in [9.17, 15) is 0 Å². The summed E-state index contributed by atoms with van der Waals surface area (Å²) < 4.78 is 4.50. The molecule has 1 heteroatoms. The molecule has 0 aromatic rings. The summed E-state index contributed by atoms with van der Waals surface area (Å²) in [7, 11) is 0. The Morgan fingerprint density at radius 1 is 1.50 bits per heavy atom. The van der Waals surface area contributed by atoms with Crippen molar-refractivity contribution >= 4 is 0 Å². The fraction of sp³-hybridized carbons (Fsp3) is 0.714. The summed E-state index contributed by atoms with van der Waals surface area (Å²) in [6.45, 7) is 5.89. The van der Waals surface area contributed by atoms with Crippen LogP contribution in [0.1, 0.15) is 20.3 Å². The fourth-order valence-electron chi connectivity index (χ4n) is 0.177. The molecular weight excluding hydrogens is 100 g/mol. The van der Waals surface area contributed by atoms with Gasteiger partial charge in [-0.2, -0.15) is 0 Å². The van der Waals surface area contributed by atoms with Crippen molar-refractivity contribution in [3.05, 3.63) is 0 Å². The number of ether oxygens (including phenoxy) is 1. The lowest BCUT2D eigenvalue weighted by Gasteiger charge is -1.58. The maximum Gasteiger partial charge on any atom is 0.0701 e. The van der Waals surface area contributed by atoms with E-state index in [1.807, 2.05) is 13.8 Å². The highest BCUT2D eigenvalue weighted by atomic mass is 16.6. The molecule has 1 fully saturated rings. The van der Waals surface area contributed by atoms with E-state index in [1.54, 1.807) is 0 Å². The largest absolute Gasteiger partial charge is 0.377 e. The van der Waals surface area contributed by atoms with E-state index in [0.29, 0.717) is 0 Å². The summed E-state index contributed by atoms with van der Waals surface area (Å²) in [6.07, 6.45) is 0.983. The highest BCUT2D eigenvalue weighted by molar-refractivity contribution is 4.92. The molecule has 0 unspecified atom stereocenters. The van der Waals surface area contributed by atoms with Gasteiger partial charge in [-0.1, -0.05) is 6.92 Å². The maximum absolute atomic E-state index is 4.50. The van der Waals surface area contributed by atoms with Crippen LogP contribution in [0.5, 0.6) is 0 Å². The SMILES string of the molecule is C1CO1.CC#CCC. The number of rotatable bonds is 0. The normalized spacial score (nSPS) is 12.2. The fourth-order valence-corrected chi connectivity index (χ4v) is 0.177. The molecule has 0 aliphatic carbocycles. The Labute approximate surface area is 51.0 Å². The lowest BCUT2D eigenvalue weighted by Crippen LogP contribution is -1.45. The molecule has 1 aliphatic heterocycles. The van der Waals surface area contributed by atoms with Crippen molar-refractivity contribution in [3.8, 4) is 11.8 Å². The van der Waals surface area contributed by atoms with Gasteiger partial charge >= 0.3 is 0 Å². The van der Waals surface area contributed by atoms with E-state index >= 15 is 0 Å². The van der Waals surface area contributed by atoms with Gasteiger partial charge in [0.1, 0.15) is 0 Å². The van der Waals surface area contributed by atoms with Gasteiger partial charge in [-0.3, -0.25) is 0 Å². The molecule has 0 atom stereocenters. The van der Waals surface area contributed by atoms with Crippen molar-refractivity contribution in [3.63, 3.8) is 0 Å². The van der Waals surface area contributed by atoms with E-state index in [1.165, 1.54) is 0 Å². The lowest BCUT2D eigenvalue weighted by molar-refractivity contribution is 0.475. The minimum Gasteiger partial charge on any atom is -0.377 e. The molecule has 0 N–H and O–H groups in total. The van der Waals surface area contributed by atoms with Gasteiger partial charge in [-0.15, -0.1) is 11.8 Å². The quantitative estimate of drug-likeness (QED) is 0.341. The summed E-state index contributed by atoms with van der Waals surface area (Å²) in [6, 6.07) is 0. The highest BCUT2D eigenvalue weighted by Gasteiger charge is 1.94. The van der Waals surface area contributed by atoms with Gasteiger partial charge in [0.05, 0.1) is 13.2 Å². The van der Waals surface area contributed by atoms with Crippen LogP contribution < -0.4 is 0 Å². The third kappa shape index (κ3) is 17.8. The van der Waals surface area contributed by atoms with Crippen molar-refractivity contribution in [1.82, 2.24) is 0 Å². The first-order valence-electron chi connectivity index (χ1n) is 2.89. The molecule has 0 aromatic carbocycles. The van der Waals surface area contributed by atoms with Crippen LogP contribution >= 0.6 is 0 Å². The molecular formula is C7H12O. The first kappa shape index (κ1) is 7.52. The van der Waals surface area contributed by atoms with Crippen molar-refractivity contribution in [2.45, 2.75) is 20.3 Å². The van der Waals surface area contributed by atoms with E-state index in [0.717, 1.165) is 19.6 Å². The first-order chi connectivity index (χ1) is 3.91. The van der Waals surface area contributed by atoms with Crippen LogP contribution in [0.3, 0.4) is 0 Å². The van der Waals surface area contributed by atoms with Crippen molar-refractivity contribution in [2.75, 3.05) is 13.2 Å². The van der Waals surface area contributed by atoms with Gasteiger partial charge in [0.2, 0.25) is 0 Å². The molecule has 1 rings (SSSR count). The first-order valence-corrected chi connectivity index (χ1v) is 2.89. The van der Waals surface area contributed by atoms with Crippen LogP contribution in [0.25, 0.3) is 0 Å². The Morgan fingerprint density at radius 3 is 2.00 bits per heavy atom. The molecule has 0 aromatic heterocycles. The summed E-state index contributed by atoms with van der Waals surface area (Å²) in [4.78, 5) is 0. The van der Waals surface area contributed by atoms with E-state index in [-0.39, 0.29) is 0 Å². The molecule has 0 spiro atoms. The van der Waals surface area contributed by atoms with Gasteiger partial charge in [-0.05, 0) is 6.92 Å². The van der Waals surface area contributed by atoms with Gasteiger partial charge in [-0.25, -0.2) is 0 Å². The van der Waals surface area contributed by atoms with E-state index in [2.05, 4.69) is 16.6 Å². The molecule has 8 heavy (non-hydrogen) atoms. The van der Waals surface area contributed by atoms with E-state index in [4.69, 9.17) is 0 Å². The smallest absolute Gasteiger partial charge is 0.0701 e. The number of hydrogen-bond acceptors (Lipinski definition) is 1. The third-order valence-electron chi connectivity index (χ3n) is 0.558. The maximum atomic E-state index is 4.50. The summed E-state index contributed by atoms with van der Waals surface area (Å²) in [5.74, 6) is 5.63. The van der Waals surface area contributed by atoms with Crippen LogP contribution in [0.15, 0.2) is 0 Å². The predicted molar refractivity (Wildman–Crippen MR) is 34.6 cm³/mol. The average Bonchev–Trinajstić information content (AvgIpc) is 2.50. The Kier molecular flexibility index (Phi) is 6.13. The Bertz CT molecular complexity index is 81.5. The zero-order chi connectivity index (χ0) is 6.24. The van der Waals surface area contributed by atoms with Crippen LogP contribution in [0.4, 0.5) is 0 Å². The highest BCUT2D eigenvalue weighted by Crippen LogP contribution is 1.84.